The Morgan fingerprint density at radius 1 is 1.08 bits per heavy atom. The molecule has 0 aliphatic heterocycles. The maximum absolute atomic E-state index is 4.71. The number of rotatable bonds is 2. The zero-order valence-corrected chi connectivity index (χ0v) is 9.76. The van der Waals surface area contributed by atoms with E-state index in [1.807, 2.05) is 0 Å². The Morgan fingerprint density at radius 2 is 1.54 bits per heavy atom. The Kier molecular flexibility index (Phi) is 2.49. The molecule has 13 heavy (non-hydrogen) atoms. The molecule has 0 unspecified atom stereocenters. The number of hydrogen-bond donors (Lipinski definition) is 1. The van der Waals surface area contributed by atoms with Gasteiger partial charge < -0.3 is 0 Å². The van der Waals surface area contributed by atoms with Crippen LogP contribution in [-0.4, -0.2) is 0 Å². The van der Waals surface area contributed by atoms with Gasteiger partial charge in [-0.05, 0) is 51.7 Å². The van der Waals surface area contributed by atoms with Crippen LogP contribution < -0.4 is 0 Å². The molecule has 0 fully saturated rings. The molecule has 0 spiro atoms. The van der Waals surface area contributed by atoms with Crippen LogP contribution in [0.3, 0.4) is 0 Å². The van der Waals surface area contributed by atoms with Gasteiger partial charge in [0.2, 0.25) is 0 Å². The number of thiol groups is 1. The van der Waals surface area contributed by atoms with Crippen molar-refractivity contribution in [3.05, 3.63) is 44.8 Å². The molecule has 0 N–H and O–H groups in total. The van der Waals surface area contributed by atoms with Gasteiger partial charge in [0.25, 0.3) is 0 Å². The van der Waals surface area contributed by atoms with E-state index in [-0.39, 0.29) is 4.75 Å². The van der Waals surface area contributed by atoms with Gasteiger partial charge in [0.1, 0.15) is 0 Å². The van der Waals surface area contributed by atoms with Gasteiger partial charge in [-0.3, -0.25) is 0 Å². The van der Waals surface area contributed by atoms with Gasteiger partial charge in [-0.1, -0.05) is 0 Å². The van der Waals surface area contributed by atoms with Gasteiger partial charge in [0.15, 0.2) is 0 Å². The van der Waals surface area contributed by atoms with Crippen LogP contribution in [0.2, 0.25) is 0 Å². The normalized spacial score (nSPS) is 11.8. The first-order valence-corrected chi connectivity index (χ1v) is 6.32. The molecular formula is C10H10S3. The quantitative estimate of drug-likeness (QED) is 0.735. The van der Waals surface area contributed by atoms with Gasteiger partial charge in [-0.15, -0.1) is 0 Å². The lowest BCUT2D eigenvalue weighted by molar-refractivity contribution is 0.859. The van der Waals surface area contributed by atoms with Crippen LogP contribution in [0, 0.1) is 0 Å². The molecule has 2 aromatic rings. The second-order valence-corrected chi connectivity index (χ2v) is 5.55. The van der Waals surface area contributed by atoms with Crippen molar-refractivity contribution in [3.63, 3.8) is 0 Å². The van der Waals surface area contributed by atoms with Crippen molar-refractivity contribution in [2.24, 2.45) is 0 Å². The van der Waals surface area contributed by atoms with E-state index >= 15 is 0 Å². The van der Waals surface area contributed by atoms with Crippen molar-refractivity contribution in [1.29, 1.82) is 0 Å². The predicted molar refractivity (Wildman–Crippen MR) is 64.1 cm³/mol. The van der Waals surface area contributed by atoms with E-state index in [2.05, 4.69) is 40.6 Å². The van der Waals surface area contributed by atoms with Gasteiger partial charge >= 0.3 is 0 Å². The Morgan fingerprint density at radius 3 is 1.85 bits per heavy atom. The minimum absolute atomic E-state index is 0.139. The van der Waals surface area contributed by atoms with E-state index in [0.717, 1.165) is 0 Å². The highest BCUT2D eigenvalue weighted by Gasteiger charge is 2.24. The third-order valence-corrected chi connectivity index (χ3v) is 4.05. The van der Waals surface area contributed by atoms with Crippen LogP contribution in [0.5, 0.6) is 0 Å². The molecule has 2 rings (SSSR count). The van der Waals surface area contributed by atoms with Crippen LogP contribution >= 0.6 is 35.3 Å². The van der Waals surface area contributed by atoms with E-state index in [1.165, 1.54) is 11.1 Å². The van der Waals surface area contributed by atoms with E-state index in [4.69, 9.17) is 12.6 Å². The van der Waals surface area contributed by atoms with Crippen molar-refractivity contribution in [1.82, 2.24) is 0 Å². The molecule has 0 nitrogen and oxygen atoms in total. The lowest BCUT2D eigenvalue weighted by Gasteiger charge is -2.21. The van der Waals surface area contributed by atoms with Crippen LogP contribution in [0.25, 0.3) is 0 Å². The first kappa shape index (κ1) is 9.31. The first-order chi connectivity index (χ1) is 6.21. The minimum atomic E-state index is -0.139. The maximum Gasteiger partial charge on any atom is 0.0614 e. The van der Waals surface area contributed by atoms with Gasteiger partial charge in [0.05, 0.1) is 4.75 Å². The van der Waals surface area contributed by atoms with Gasteiger partial charge in [-0.25, -0.2) is 0 Å². The van der Waals surface area contributed by atoms with Crippen molar-refractivity contribution in [3.8, 4) is 0 Å². The fraction of sp³-hybridized carbons (Fsp3) is 0.200. The monoisotopic (exact) mass is 226 g/mol. The molecule has 0 radical (unpaired) electrons. The van der Waals surface area contributed by atoms with Crippen molar-refractivity contribution in [2.45, 2.75) is 11.7 Å². The summed E-state index contributed by atoms with van der Waals surface area (Å²) < 4.78 is -0.139. The van der Waals surface area contributed by atoms with Gasteiger partial charge in [-0.2, -0.15) is 35.3 Å². The molecule has 0 aromatic carbocycles. The van der Waals surface area contributed by atoms with Crippen LogP contribution in [0.1, 0.15) is 18.1 Å². The van der Waals surface area contributed by atoms with E-state index in [1.54, 1.807) is 22.7 Å². The third kappa shape index (κ3) is 1.68. The summed E-state index contributed by atoms with van der Waals surface area (Å²) in [6.45, 7) is 2.14. The lowest BCUT2D eigenvalue weighted by Crippen LogP contribution is -2.13. The summed E-state index contributed by atoms with van der Waals surface area (Å²) in [7, 11) is 0. The molecule has 0 bridgehead atoms. The second-order valence-electron chi connectivity index (χ2n) is 3.10. The lowest BCUT2D eigenvalue weighted by atomic mass is 9.97. The number of hydrogen-bond acceptors (Lipinski definition) is 3. The Balaban J connectivity index is 2.42. The molecule has 0 atom stereocenters. The molecule has 0 aliphatic carbocycles. The summed E-state index contributed by atoms with van der Waals surface area (Å²) in [6.07, 6.45) is 0. The first-order valence-electron chi connectivity index (χ1n) is 3.99. The molecule has 2 aromatic heterocycles. The summed E-state index contributed by atoms with van der Waals surface area (Å²) in [5.41, 5.74) is 2.55. The summed E-state index contributed by atoms with van der Waals surface area (Å²) in [5, 5.41) is 8.50. The summed E-state index contributed by atoms with van der Waals surface area (Å²) in [6, 6.07) is 4.27. The molecule has 68 valence electrons. The molecular weight excluding hydrogens is 216 g/mol. The largest absolute Gasteiger partial charge is 0.163 e. The van der Waals surface area contributed by atoms with Crippen LogP contribution in [0.4, 0.5) is 0 Å². The molecule has 3 heteroatoms. The highest BCUT2D eigenvalue weighted by atomic mass is 32.1. The molecule has 0 amide bonds. The van der Waals surface area contributed by atoms with Crippen LogP contribution in [-0.2, 0) is 4.75 Å². The molecule has 0 saturated carbocycles. The molecule has 0 aliphatic rings. The SMILES string of the molecule is CC(S)(c1ccsc1)c1ccsc1. The summed E-state index contributed by atoms with van der Waals surface area (Å²) in [5.74, 6) is 0. The predicted octanol–water partition coefficient (Wildman–Crippen LogP) is 4.00. The maximum atomic E-state index is 4.71. The zero-order valence-electron chi connectivity index (χ0n) is 7.23. The van der Waals surface area contributed by atoms with Crippen molar-refractivity contribution in [2.75, 3.05) is 0 Å². The minimum Gasteiger partial charge on any atom is -0.163 e. The fourth-order valence-corrected chi connectivity index (χ4v) is 3.23. The zero-order chi connectivity index (χ0) is 9.31. The average Bonchev–Trinajstić information content (AvgIpc) is 2.78. The van der Waals surface area contributed by atoms with E-state index < -0.39 is 0 Å². The third-order valence-electron chi connectivity index (χ3n) is 2.17. The smallest absolute Gasteiger partial charge is 0.0614 e. The van der Waals surface area contributed by atoms with E-state index in [0.29, 0.717) is 0 Å². The molecule has 0 saturated heterocycles. The Hall–Kier alpha value is -0.250. The van der Waals surface area contributed by atoms with Crippen LogP contribution in [0.15, 0.2) is 33.7 Å². The highest BCUT2D eigenvalue weighted by Crippen LogP contribution is 2.37. The van der Waals surface area contributed by atoms with Crippen molar-refractivity contribution < 1.29 is 0 Å². The summed E-state index contributed by atoms with van der Waals surface area (Å²) >= 11 is 8.15. The summed E-state index contributed by atoms with van der Waals surface area (Å²) in [4.78, 5) is 0. The second kappa shape index (κ2) is 3.48. The topological polar surface area (TPSA) is 0 Å². The number of thiophene rings is 2. The highest BCUT2D eigenvalue weighted by molar-refractivity contribution is 7.81. The van der Waals surface area contributed by atoms with E-state index in [9.17, 15) is 0 Å². The fourth-order valence-electron chi connectivity index (χ4n) is 1.25. The Labute approximate surface area is 91.7 Å². The average molecular weight is 226 g/mol. The van der Waals surface area contributed by atoms with Crippen molar-refractivity contribution >= 4 is 35.3 Å². The molecule has 2 heterocycles. The van der Waals surface area contributed by atoms with Gasteiger partial charge in [0, 0.05) is 0 Å². The Bertz CT molecular complexity index is 321. The standard InChI is InChI=1S/C10H10S3/c1-10(11,8-2-4-12-6-8)9-3-5-13-7-9/h2-7,11H,1H3.